The van der Waals surface area contributed by atoms with Crippen LogP contribution in [0.5, 0.6) is 0 Å². The third kappa shape index (κ3) is 5.22. The third-order valence-corrected chi connectivity index (χ3v) is 5.77. The molecule has 10 heteroatoms. The molecule has 3 aromatic rings. The molecule has 0 spiro atoms. The number of nitrogens with zero attached hydrogens (tertiary/aromatic N) is 2. The Kier molecular flexibility index (Phi) is 7.30. The Morgan fingerprint density at radius 1 is 1.15 bits per heavy atom. The van der Waals surface area contributed by atoms with Crippen molar-refractivity contribution < 1.29 is 34.5 Å². The normalized spacial score (nSPS) is 17.3. The zero-order valence-corrected chi connectivity index (χ0v) is 18.7. The van der Waals surface area contributed by atoms with Gasteiger partial charge in [0.15, 0.2) is 5.78 Å². The van der Waals surface area contributed by atoms with Gasteiger partial charge < -0.3 is 24.9 Å². The predicted octanol–water partition coefficient (Wildman–Crippen LogP) is 3.02. The molecular formula is C24H25N3O7. The van der Waals surface area contributed by atoms with Gasteiger partial charge in [-0.1, -0.05) is 25.1 Å². The summed E-state index contributed by atoms with van der Waals surface area (Å²) in [5.74, 6) is -3.34. The standard InChI is InChI=1S/C20H21N3O3.C4H4O4/c1-11-7-13(8-15-12(2)21-10-22-15)20(26)18-14-5-3-4-6-16(14)23(19(11)18)9-17(24)25;5-3(6)1-2-4(7)8/h3-6,10-11,13H,7-9H2,1-2H3,(H,21,22)(H,24,25);1-2H,(H,5,6)(H,7,8). The number of aromatic nitrogens is 3. The molecule has 0 amide bonds. The van der Waals surface area contributed by atoms with Crippen LogP contribution in [-0.2, 0) is 27.3 Å². The SMILES string of the molecule is Cc1[nH]cnc1CC1CC(C)c2c(c3ccccc3n2CC(=O)O)C1=O.O=C(O)C=CC(=O)O. The van der Waals surface area contributed by atoms with E-state index in [0.29, 0.717) is 30.6 Å². The molecule has 1 aromatic carbocycles. The van der Waals surface area contributed by atoms with Crippen LogP contribution in [0.4, 0.5) is 0 Å². The zero-order valence-electron chi connectivity index (χ0n) is 18.7. The van der Waals surface area contributed by atoms with Crippen LogP contribution in [0.2, 0.25) is 0 Å². The van der Waals surface area contributed by atoms with E-state index in [1.807, 2.05) is 31.2 Å². The molecule has 1 aliphatic carbocycles. The van der Waals surface area contributed by atoms with E-state index in [1.165, 1.54) is 0 Å². The molecule has 4 rings (SSSR count). The van der Waals surface area contributed by atoms with Crippen LogP contribution in [0, 0.1) is 12.8 Å². The van der Waals surface area contributed by atoms with Crippen LogP contribution in [-0.4, -0.2) is 53.5 Å². The van der Waals surface area contributed by atoms with Gasteiger partial charge in [0, 0.05) is 52.3 Å². The van der Waals surface area contributed by atoms with Crippen LogP contribution in [0.3, 0.4) is 0 Å². The number of Topliss-reactive ketones (excluding diaryl/α,β-unsaturated/α-hetero) is 1. The summed E-state index contributed by atoms with van der Waals surface area (Å²) in [5, 5.41) is 25.8. The second kappa shape index (κ2) is 10.2. The number of fused-ring (bicyclic) bond motifs is 3. The highest BCUT2D eigenvalue weighted by molar-refractivity contribution is 6.11. The number of carboxylic acid groups (broad SMARTS) is 3. The van der Waals surface area contributed by atoms with E-state index in [1.54, 1.807) is 10.9 Å². The fraction of sp³-hybridized carbons (Fsp3) is 0.292. The first-order valence-corrected chi connectivity index (χ1v) is 10.6. The minimum Gasteiger partial charge on any atom is -0.480 e. The molecule has 0 bridgehead atoms. The number of rotatable bonds is 6. The number of hydrogen-bond acceptors (Lipinski definition) is 5. The number of nitrogens with one attached hydrogen (secondary N) is 1. The molecule has 2 unspecified atom stereocenters. The molecule has 0 fully saturated rings. The summed E-state index contributed by atoms with van der Waals surface area (Å²) in [6, 6.07) is 7.59. The van der Waals surface area contributed by atoms with Gasteiger partial charge in [0.2, 0.25) is 0 Å². The first kappa shape index (κ1) is 24.4. The molecule has 0 radical (unpaired) electrons. The number of para-hydroxylation sites is 1. The number of imidazole rings is 1. The van der Waals surface area contributed by atoms with E-state index >= 15 is 0 Å². The van der Waals surface area contributed by atoms with E-state index in [2.05, 4.69) is 16.9 Å². The number of carbonyl (C=O) groups is 4. The number of carbonyl (C=O) groups excluding carboxylic acids is 1. The summed E-state index contributed by atoms with van der Waals surface area (Å²) < 4.78 is 1.80. The summed E-state index contributed by atoms with van der Waals surface area (Å²) in [6.07, 6.45) is 4.08. The Bertz CT molecular complexity index is 1270. The van der Waals surface area contributed by atoms with E-state index in [0.717, 1.165) is 28.0 Å². The Balaban J connectivity index is 0.000000350. The zero-order chi connectivity index (χ0) is 25.0. The lowest BCUT2D eigenvalue weighted by atomic mass is 9.77. The van der Waals surface area contributed by atoms with Gasteiger partial charge in [0.05, 0.1) is 12.0 Å². The highest BCUT2D eigenvalue weighted by Gasteiger charge is 2.37. The molecule has 2 aromatic heterocycles. The van der Waals surface area contributed by atoms with Crippen molar-refractivity contribution in [3.05, 3.63) is 65.4 Å². The Morgan fingerprint density at radius 3 is 2.35 bits per heavy atom. The number of H-pyrrole nitrogens is 1. The van der Waals surface area contributed by atoms with Gasteiger partial charge in [-0.2, -0.15) is 0 Å². The molecule has 34 heavy (non-hydrogen) atoms. The van der Waals surface area contributed by atoms with Gasteiger partial charge in [-0.3, -0.25) is 9.59 Å². The molecule has 10 nitrogen and oxygen atoms in total. The molecule has 0 saturated heterocycles. The van der Waals surface area contributed by atoms with Crippen molar-refractivity contribution in [2.75, 3.05) is 0 Å². The highest BCUT2D eigenvalue weighted by atomic mass is 16.4. The summed E-state index contributed by atoms with van der Waals surface area (Å²) in [5.41, 5.74) is 4.28. The lowest BCUT2D eigenvalue weighted by molar-refractivity contribution is -0.137. The van der Waals surface area contributed by atoms with Crippen molar-refractivity contribution >= 4 is 34.6 Å². The second-order valence-electron chi connectivity index (χ2n) is 8.14. The number of benzene rings is 1. The summed E-state index contributed by atoms with van der Waals surface area (Å²) in [6.45, 7) is 3.91. The molecule has 2 heterocycles. The number of aromatic amines is 1. The minimum atomic E-state index is -1.26. The van der Waals surface area contributed by atoms with E-state index < -0.39 is 17.9 Å². The maximum Gasteiger partial charge on any atom is 0.328 e. The first-order chi connectivity index (χ1) is 16.1. The van der Waals surface area contributed by atoms with Crippen molar-refractivity contribution in [3.8, 4) is 0 Å². The predicted molar refractivity (Wildman–Crippen MR) is 122 cm³/mol. The second-order valence-corrected chi connectivity index (χ2v) is 8.14. The number of aliphatic carboxylic acids is 3. The molecule has 0 aliphatic heterocycles. The van der Waals surface area contributed by atoms with Crippen LogP contribution >= 0.6 is 0 Å². The van der Waals surface area contributed by atoms with Gasteiger partial charge in [-0.15, -0.1) is 0 Å². The molecule has 4 N–H and O–H groups in total. The Labute approximate surface area is 194 Å². The lowest BCUT2D eigenvalue weighted by Crippen LogP contribution is -2.28. The smallest absolute Gasteiger partial charge is 0.328 e. The van der Waals surface area contributed by atoms with Crippen molar-refractivity contribution in [1.82, 2.24) is 14.5 Å². The third-order valence-electron chi connectivity index (χ3n) is 5.77. The van der Waals surface area contributed by atoms with Crippen molar-refractivity contribution in [2.24, 2.45) is 5.92 Å². The highest BCUT2D eigenvalue weighted by Crippen LogP contribution is 2.41. The maximum atomic E-state index is 13.3. The Morgan fingerprint density at radius 2 is 1.79 bits per heavy atom. The Hall–Kier alpha value is -4.21. The monoisotopic (exact) mass is 467 g/mol. The first-order valence-electron chi connectivity index (χ1n) is 10.6. The van der Waals surface area contributed by atoms with Gasteiger partial charge in [-0.05, 0) is 25.3 Å². The van der Waals surface area contributed by atoms with Crippen LogP contribution in [0.25, 0.3) is 10.9 Å². The number of hydrogen-bond donors (Lipinski definition) is 4. The molecule has 2 atom stereocenters. The minimum absolute atomic E-state index is 0.0980. The van der Waals surface area contributed by atoms with Crippen LogP contribution in [0.15, 0.2) is 42.7 Å². The molecule has 1 aliphatic rings. The van der Waals surface area contributed by atoms with E-state index in [9.17, 15) is 24.3 Å². The van der Waals surface area contributed by atoms with Crippen molar-refractivity contribution in [3.63, 3.8) is 0 Å². The average molecular weight is 467 g/mol. The van der Waals surface area contributed by atoms with Gasteiger partial charge in [-0.25, -0.2) is 14.6 Å². The number of carboxylic acids is 3. The average Bonchev–Trinajstić information content (AvgIpc) is 3.32. The van der Waals surface area contributed by atoms with E-state index in [-0.39, 0.29) is 24.2 Å². The summed E-state index contributed by atoms with van der Waals surface area (Å²) in [4.78, 5) is 51.2. The summed E-state index contributed by atoms with van der Waals surface area (Å²) in [7, 11) is 0. The van der Waals surface area contributed by atoms with Crippen LogP contribution < -0.4 is 0 Å². The fourth-order valence-electron chi connectivity index (χ4n) is 4.39. The number of ketones is 1. The van der Waals surface area contributed by atoms with Gasteiger partial charge in [0.1, 0.15) is 6.54 Å². The number of aryl methyl sites for hydroxylation is 1. The quantitative estimate of drug-likeness (QED) is 0.402. The van der Waals surface area contributed by atoms with Crippen LogP contribution in [0.1, 0.15) is 46.7 Å². The van der Waals surface area contributed by atoms with E-state index in [4.69, 9.17) is 10.2 Å². The maximum absolute atomic E-state index is 13.3. The fourth-order valence-corrected chi connectivity index (χ4v) is 4.39. The van der Waals surface area contributed by atoms with Crippen molar-refractivity contribution in [2.45, 2.75) is 39.2 Å². The van der Waals surface area contributed by atoms with Gasteiger partial charge >= 0.3 is 17.9 Å². The largest absolute Gasteiger partial charge is 0.480 e. The lowest BCUT2D eigenvalue weighted by Gasteiger charge is -2.27. The van der Waals surface area contributed by atoms with Gasteiger partial charge in [0.25, 0.3) is 0 Å². The molecule has 0 saturated carbocycles. The molecular weight excluding hydrogens is 442 g/mol. The topological polar surface area (TPSA) is 163 Å². The summed E-state index contributed by atoms with van der Waals surface area (Å²) >= 11 is 0. The van der Waals surface area contributed by atoms with Crippen molar-refractivity contribution in [1.29, 1.82) is 0 Å². The molecule has 178 valence electrons.